The summed E-state index contributed by atoms with van der Waals surface area (Å²) in [4.78, 5) is 13.8. The summed E-state index contributed by atoms with van der Waals surface area (Å²) in [6.07, 6.45) is 2.43. The Labute approximate surface area is 156 Å². The van der Waals surface area contributed by atoms with Gasteiger partial charge in [0.1, 0.15) is 0 Å². The smallest absolute Gasteiger partial charge is 0.261 e. The van der Waals surface area contributed by atoms with Gasteiger partial charge >= 0.3 is 0 Å². The van der Waals surface area contributed by atoms with Crippen molar-refractivity contribution in [2.75, 3.05) is 16.2 Å². The molecule has 1 aliphatic heterocycles. The molecule has 0 aliphatic carbocycles. The molecule has 5 nitrogen and oxygen atoms in total. The van der Waals surface area contributed by atoms with Crippen molar-refractivity contribution in [3.63, 3.8) is 0 Å². The molecule has 7 heteroatoms. The van der Waals surface area contributed by atoms with Crippen LogP contribution in [0.15, 0.2) is 51.8 Å². The summed E-state index contributed by atoms with van der Waals surface area (Å²) >= 11 is 3.37. The average Bonchev–Trinajstić information content (AvgIpc) is 2.58. The molecule has 0 atom stereocenters. The molecule has 1 heterocycles. The van der Waals surface area contributed by atoms with Crippen LogP contribution in [-0.2, 0) is 14.8 Å². The minimum Gasteiger partial charge on any atom is -0.312 e. The number of anilines is 2. The number of carbonyl (C=O) groups excluding carboxylic acids is 1. The predicted molar refractivity (Wildman–Crippen MR) is 102 cm³/mol. The molecule has 0 saturated carbocycles. The molecule has 0 aromatic heterocycles. The standard InChI is InChI=1S/C18H19BrN2O3S/c1-13-5-10-17(16(19)12-13)20-25(23,24)15-8-6-14(7-9-15)21-11-3-2-4-18(21)22/h5-10,12,20H,2-4,11H2,1H3. The van der Waals surface area contributed by atoms with Crippen LogP contribution in [0.25, 0.3) is 0 Å². The third-order valence-electron chi connectivity index (χ3n) is 4.15. The van der Waals surface area contributed by atoms with Crippen molar-refractivity contribution in [2.24, 2.45) is 0 Å². The van der Waals surface area contributed by atoms with Gasteiger partial charge in [0.05, 0.1) is 10.6 Å². The lowest BCUT2D eigenvalue weighted by molar-refractivity contribution is -0.119. The first kappa shape index (κ1) is 17.9. The number of nitrogens with one attached hydrogen (secondary N) is 1. The highest BCUT2D eigenvalue weighted by Crippen LogP contribution is 2.27. The van der Waals surface area contributed by atoms with E-state index < -0.39 is 10.0 Å². The molecule has 25 heavy (non-hydrogen) atoms. The summed E-state index contributed by atoms with van der Waals surface area (Å²) in [5.41, 5.74) is 2.26. The van der Waals surface area contributed by atoms with Crippen LogP contribution in [0.1, 0.15) is 24.8 Å². The summed E-state index contributed by atoms with van der Waals surface area (Å²) < 4.78 is 28.4. The summed E-state index contributed by atoms with van der Waals surface area (Å²) in [6, 6.07) is 11.8. The molecule has 2 aromatic rings. The molecule has 0 radical (unpaired) electrons. The number of amides is 1. The topological polar surface area (TPSA) is 66.5 Å². The fourth-order valence-electron chi connectivity index (χ4n) is 2.79. The Morgan fingerprint density at radius 2 is 1.80 bits per heavy atom. The monoisotopic (exact) mass is 422 g/mol. The first-order chi connectivity index (χ1) is 11.9. The Kier molecular flexibility index (Phi) is 5.15. The van der Waals surface area contributed by atoms with Crippen LogP contribution >= 0.6 is 15.9 Å². The first-order valence-electron chi connectivity index (χ1n) is 8.06. The Hall–Kier alpha value is -1.86. The average molecular weight is 423 g/mol. The van der Waals surface area contributed by atoms with Gasteiger partial charge in [0.15, 0.2) is 0 Å². The van der Waals surface area contributed by atoms with E-state index in [1.54, 1.807) is 23.1 Å². The second kappa shape index (κ2) is 7.17. The molecular weight excluding hydrogens is 404 g/mol. The lowest BCUT2D eigenvalue weighted by Gasteiger charge is -2.26. The highest BCUT2D eigenvalue weighted by molar-refractivity contribution is 9.10. The Morgan fingerprint density at radius 3 is 2.44 bits per heavy atom. The highest BCUT2D eigenvalue weighted by Gasteiger charge is 2.21. The Morgan fingerprint density at radius 1 is 1.08 bits per heavy atom. The third-order valence-corrected chi connectivity index (χ3v) is 6.19. The van der Waals surface area contributed by atoms with Crippen molar-refractivity contribution in [3.8, 4) is 0 Å². The van der Waals surface area contributed by atoms with Gasteiger partial charge in [0, 0.05) is 23.1 Å². The maximum atomic E-state index is 12.6. The minimum atomic E-state index is -3.69. The Balaban J connectivity index is 1.81. The van der Waals surface area contributed by atoms with Crippen molar-refractivity contribution >= 4 is 43.2 Å². The maximum absolute atomic E-state index is 12.6. The van der Waals surface area contributed by atoms with E-state index in [0.29, 0.717) is 23.1 Å². The molecule has 0 bridgehead atoms. The molecule has 2 aromatic carbocycles. The van der Waals surface area contributed by atoms with Crippen LogP contribution in [-0.4, -0.2) is 20.9 Å². The predicted octanol–water partition coefficient (Wildman–Crippen LogP) is 4.08. The number of hydrogen-bond acceptors (Lipinski definition) is 3. The molecule has 1 aliphatic rings. The quantitative estimate of drug-likeness (QED) is 0.806. The number of benzene rings is 2. The van der Waals surface area contributed by atoms with Crippen LogP contribution in [0.3, 0.4) is 0 Å². The zero-order valence-electron chi connectivity index (χ0n) is 13.8. The van der Waals surface area contributed by atoms with Gasteiger partial charge in [-0.15, -0.1) is 0 Å². The number of piperidine rings is 1. The summed E-state index contributed by atoms with van der Waals surface area (Å²) in [5, 5.41) is 0. The highest BCUT2D eigenvalue weighted by atomic mass is 79.9. The number of halogens is 1. The van der Waals surface area contributed by atoms with E-state index in [1.807, 2.05) is 19.1 Å². The van der Waals surface area contributed by atoms with Gasteiger partial charge < -0.3 is 4.90 Å². The molecule has 1 saturated heterocycles. The van der Waals surface area contributed by atoms with E-state index in [0.717, 1.165) is 24.1 Å². The van der Waals surface area contributed by atoms with Gasteiger partial charge in [-0.3, -0.25) is 9.52 Å². The molecule has 1 amide bonds. The fraction of sp³-hybridized carbons (Fsp3) is 0.278. The van der Waals surface area contributed by atoms with Crippen LogP contribution in [0, 0.1) is 6.92 Å². The second-order valence-corrected chi connectivity index (χ2v) is 8.62. The molecule has 1 fully saturated rings. The second-order valence-electron chi connectivity index (χ2n) is 6.09. The van der Waals surface area contributed by atoms with Crippen molar-refractivity contribution in [1.82, 2.24) is 0 Å². The van der Waals surface area contributed by atoms with Crippen LogP contribution in [0.2, 0.25) is 0 Å². The van der Waals surface area contributed by atoms with Crippen LogP contribution in [0.4, 0.5) is 11.4 Å². The third kappa shape index (κ3) is 4.04. The molecule has 0 spiro atoms. The molecular formula is C18H19BrN2O3S. The van der Waals surface area contributed by atoms with Gasteiger partial charge in [-0.05, 0) is 77.7 Å². The summed E-state index contributed by atoms with van der Waals surface area (Å²) in [7, 11) is -3.69. The number of aryl methyl sites for hydroxylation is 1. The van der Waals surface area contributed by atoms with Gasteiger partial charge in [-0.2, -0.15) is 0 Å². The molecule has 0 unspecified atom stereocenters. The van der Waals surface area contributed by atoms with Crippen molar-refractivity contribution in [3.05, 3.63) is 52.5 Å². The van der Waals surface area contributed by atoms with E-state index in [2.05, 4.69) is 20.7 Å². The Bertz CT molecular complexity index is 895. The lowest BCUT2D eigenvalue weighted by Crippen LogP contribution is -2.35. The van der Waals surface area contributed by atoms with E-state index in [1.165, 1.54) is 12.1 Å². The fourth-order valence-corrected chi connectivity index (χ4v) is 4.59. The summed E-state index contributed by atoms with van der Waals surface area (Å²) in [5.74, 6) is 0.0866. The summed E-state index contributed by atoms with van der Waals surface area (Å²) in [6.45, 7) is 2.61. The maximum Gasteiger partial charge on any atom is 0.261 e. The largest absolute Gasteiger partial charge is 0.312 e. The number of sulfonamides is 1. The van der Waals surface area contributed by atoms with E-state index in [-0.39, 0.29) is 10.8 Å². The zero-order chi connectivity index (χ0) is 18.0. The van der Waals surface area contributed by atoms with E-state index >= 15 is 0 Å². The SMILES string of the molecule is Cc1ccc(NS(=O)(=O)c2ccc(N3CCCCC3=O)cc2)c(Br)c1. The van der Waals surface area contributed by atoms with Crippen LogP contribution < -0.4 is 9.62 Å². The van der Waals surface area contributed by atoms with E-state index in [4.69, 9.17) is 0 Å². The minimum absolute atomic E-state index is 0.0866. The van der Waals surface area contributed by atoms with Crippen LogP contribution in [0.5, 0.6) is 0 Å². The lowest BCUT2D eigenvalue weighted by atomic mass is 10.1. The molecule has 132 valence electrons. The van der Waals surface area contributed by atoms with Crippen molar-refractivity contribution < 1.29 is 13.2 Å². The van der Waals surface area contributed by atoms with Crippen molar-refractivity contribution in [2.45, 2.75) is 31.1 Å². The number of rotatable bonds is 4. The number of nitrogens with zero attached hydrogens (tertiary/aromatic N) is 1. The molecule has 3 rings (SSSR count). The normalized spacial score (nSPS) is 15.3. The van der Waals surface area contributed by atoms with E-state index in [9.17, 15) is 13.2 Å². The van der Waals surface area contributed by atoms with Gasteiger partial charge in [-0.1, -0.05) is 6.07 Å². The van der Waals surface area contributed by atoms with Gasteiger partial charge in [-0.25, -0.2) is 8.42 Å². The number of carbonyl (C=O) groups is 1. The number of hydrogen-bond donors (Lipinski definition) is 1. The first-order valence-corrected chi connectivity index (χ1v) is 10.3. The van der Waals surface area contributed by atoms with Gasteiger partial charge in [0.25, 0.3) is 10.0 Å². The molecule has 1 N–H and O–H groups in total. The van der Waals surface area contributed by atoms with Gasteiger partial charge in [0.2, 0.25) is 5.91 Å². The van der Waals surface area contributed by atoms with Crippen molar-refractivity contribution in [1.29, 1.82) is 0 Å². The zero-order valence-corrected chi connectivity index (χ0v) is 16.2.